The average Bonchev–Trinajstić information content (AvgIpc) is 3.21. The Labute approximate surface area is 164 Å². The first kappa shape index (κ1) is 18.7. The number of piperidine rings is 2. The Kier molecular flexibility index (Phi) is 5.15. The molecule has 0 N–H and O–H groups in total. The quantitative estimate of drug-likeness (QED) is 0.812. The van der Waals surface area contributed by atoms with E-state index in [-0.39, 0.29) is 17.2 Å². The van der Waals surface area contributed by atoms with Gasteiger partial charge in [-0.15, -0.1) is 0 Å². The topological polar surface area (TPSA) is 79.5 Å². The number of carbonyl (C=O) groups is 2. The Balaban J connectivity index is 1.47. The van der Waals surface area contributed by atoms with Gasteiger partial charge in [-0.1, -0.05) is 18.1 Å². The maximum Gasteiger partial charge on any atom is 0.292 e. The summed E-state index contributed by atoms with van der Waals surface area (Å²) in [5, 5.41) is 3.94. The first-order valence-electron chi connectivity index (χ1n) is 10.0. The molecule has 0 aromatic carbocycles. The minimum Gasteiger partial charge on any atom is -0.351 e. The fourth-order valence-corrected chi connectivity index (χ4v) is 4.41. The van der Waals surface area contributed by atoms with Crippen LogP contribution in [0.3, 0.4) is 0 Å². The SMILES string of the molecule is CCc1cc(C(=O)N2CCCC3(CCC(=O)N(Cc4cccnc4)C3)C2)on1. The third-order valence-corrected chi connectivity index (χ3v) is 5.92. The highest BCUT2D eigenvalue weighted by molar-refractivity contribution is 5.91. The van der Waals surface area contributed by atoms with Crippen molar-refractivity contribution in [2.75, 3.05) is 19.6 Å². The number of nitrogens with zero attached hydrogens (tertiary/aromatic N) is 4. The predicted octanol–water partition coefficient (Wildman–Crippen LogP) is 2.68. The van der Waals surface area contributed by atoms with Crippen molar-refractivity contribution in [1.29, 1.82) is 0 Å². The van der Waals surface area contributed by atoms with E-state index in [0.717, 1.165) is 43.5 Å². The molecule has 2 fully saturated rings. The summed E-state index contributed by atoms with van der Waals surface area (Å²) in [4.78, 5) is 33.3. The fraction of sp³-hybridized carbons (Fsp3) is 0.524. The number of amides is 2. The second-order valence-electron chi connectivity index (χ2n) is 7.98. The van der Waals surface area contributed by atoms with E-state index in [1.54, 1.807) is 18.5 Å². The summed E-state index contributed by atoms with van der Waals surface area (Å²) in [6, 6.07) is 5.62. The molecule has 2 aromatic rings. The van der Waals surface area contributed by atoms with E-state index < -0.39 is 0 Å². The Morgan fingerprint density at radius 1 is 1.32 bits per heavy atom. The summed E-state index contributed by atoms with van der Waals surface area (Å²) in [5.41, 5.74) is 1.78. The standard InChI is InChI=1S/C21H26N4O3/c1-2-17-11-18(28-23-17)20(27)24-10-4-7-21(14-24)8-6-19(26)25(15-21)13-16-5-3-9-22-12-16/h3,5,9,11-12H,2,4,6-8,10,13-15H2,1H3. The minimum absolute atomic E-state index is 0.0440. The molecular weight excluding hydrogens is 356 g/mol. The zero-order valence-corrected chi connectivity index (χ0v) is 16.3. The molecule has 2 aliphatic heterocycles. The smallest absolute Gasteiger partial charge is 0.292 e. The monoisotopic (exact) mass is 382 g/mol. The van der Waals surface area contributed by atoms with E-state index in [1.807, 2.05) is 28.9 Å². The van der Waals surface area contributed by atoms with Crippen LogP contribution in [0, 0.1) is 5.41 Å². The van der Waals surface area contributed by atoms with Gasteiger partial charge in [-0.05, 0) is 37.3 Å². The van der Waals surface area contributed by atoms with Crippen molar-refractivity contribution in [1.82, 2.24) is 19.9 Å². The van der Waals surface area contributed by atoms with Crippen molar-refractivity contribution in [3.05, 3.63) is 47.6 Å². The lowest BCUT2D eigenvalue weighted by atomic mass is 9.73. The van der Waals surface area contributed by atoms with Crippen molar-refractivity contribution >= 4 is 11.8 Å². The highest BCUT2D eigenvalue weighted by Crippen LogP contribution is 2.39. The van der Waals surface area contributed by atoms with Crippen LogP contribution in [-0.2, 0) is 17.8 Å². The van der Waals surface area contributed by atoms with Crippen molar-refractivity contribution in [2.24, 2.45) is 5.41 Å². The van der Waals surface area contributed by atoms with Crippen molar-refractivity contribution in [2.45, 2.75) is 45.6 Å². The van der Waals surface area contributed by atoms with Crippen LogP contribution in [0.2, 0.25) is 0 Å². The average molecular weight is 382 g/mol. The highest BCUT2D eigenvalue weighted by Gasteiger charge is 2.43. The third kappa shape index (κ3) is 3.79. The number of carbonyl (C=O) groups excluding carboxylic acids is 2. The Morgan fingerprint density at radius 3 is 2.96 bits per heavy atom. The summed E-state index contributed by atoms with van der Waals surface area (Å²) in [7, 11) is 0. The maximum atomic E-state index is 12.9. The van der Waals surface area contributed by atoms with Gasteiger partial charge in [0.15, 0.2) is 0 Å². The molecule has 1 atom stereocenters. The highest BCUT2D eigenvalue weighted by atomic mass is 16.5. The number of aromatic nitrogens is 2. The van der Waals surface area contributed by atoms with Gasteiger partial charge in [-0.25, -0.2) is 0 Å². The third-order valence-electron chi connectivity index (χ3n) is 5.92. The predicted molar refractivity (Wildman–Crippen MR) is 102 cm³/mol. The molecule has 0 radical (unpaired) electrons. The molecule has 2 amide bonds. The lowest BCUT2D eigenvalue weighted by Crippen LogP contribution is -2.54. The first-order chi connectivity index (χ1) is 13.6. The summed E-state index contributed by atoms with van der Waals surface area (Å²) in [6.07, 6.45) is 7.62. The Hall–Kier alpha value is -2.70. The number of hydrogen-bond donors (Lipinski definition) is 0. The van der Waals surface area contributed by atoms with Crippen LogP contribution < -0.4 is 0 Å². The molecule has 7 nitrogen and oxygen atoms in total. The number of pyridine rings is 1. The van der Waals surface area contributed by atoms with E-state index in [2.05, 4.69) is 10.1 Å². The van der Waals surface area contributed by atoms with Crippen LogP contribution in [0.5, 0.6) is 0 Å². The van der Waals surface area contributed by atoms with Crippen LogP contribution >= 0.6 is 0 Å². The molecule has 28 heavy (non-hydrogen) atoms. The molecule has 7 heteroatoms. The maximum absolute atomic E-state index is 12.9. The van der Waals surface area contributed by atoms with Gasteiger partial charge < -0.3 is 14.3 Å². The second-order valence-corrected chi connectivity index (χ2v) is 7.98. The second kappa shape index (κ2) is 7.73. The number of hydrogen-bond acceptors (Lipinski definition) is 5. The number of rotatable bonds is 4. The molecule has 1 unspecified atom stereocenters. The number of likely N-dealkylation sites (tertiary alicyclic amines) is 2. The molecular formula is C21H26N4O3. The molecule has 0 saturated carbocycles. The zero-order valence-electron chi connectivity index (χ0n) is 16.3. The number of aryl methyl sites for hydroxylation is 1. The summed E-state index contributed by atoms with van der Waals surface area (Å²) in [5.74, 6) is 0.399. The molecule has 148 valence electrons. The molecule has 4 rings (SSSR count). The van der Waals surface area contributed by atoms with Crippen LogP contribution in [-0.4, -0.2) is 51.4 Å². The largest absolute Gasteiger partial charge is 0.351 e. The van der Waals surface area contributed by atoms with E-state index in [0.29, 0.717) is 31.8 Å². The molecule has 2 saturated heterocycles. The molecule has 4 heterocycles. The van der Waals surface area contributed by atoms with Crippen molar-refractivity contribution in [3.63, 3.8) is 0 Å². The van der Waals surface area contributed by atoms with Crippen LogP contribution in [0.4, 0.5) is 0 Å². The van der Waals surface area contributed by atoms with E-state index >= 15 is 0 Å². The minimum atomic E-state index is -0.0954. The van der Waals surface area contributed by atoms with Crippen molar-refractivity contribution in [3.8, 4) is 0 Å². The van der Waals surface area contributed by atoms with Gasteiger partial charge in [0, 0.05) is 56.5 Å². The lowest BCUT2D eigenvalue weighted by Gasteiger charge is -2.48. The van der Waals surface area contributed by atoms with Crippen LogP contribution in [0.25, 0.3) is 0 Å². The van der Waals surface area contributed by atoms with Gasteiger partial charge >= 0.3 is 0 Å². The first-order valence-corrected chi connectivity index (χ1v) is 10.0. The van der Waals surface area contributed by atoms with E-state index in [4.69, 9.17) is 4.52 Å². The van der Waals surface area contributed by atoms with E-state index in [9.17, 15) is 9.59 Å². The van der Waals surface area contributed by atoms with Gasteiger partial charge in [-0.3, -0.25) is 14.6 Å². The van der Waals surface area contributed by atoms with Crippen LogP contribution in [0.1, 0.15) is 54.4 Å². The Morgan fingerprint density at radius 2 is 2.21 bits per heavy atom. The van der Waals surface area contributed by atoms with Gasteiger partial charge in [0.1, 0.15) is 0 Å². The molecule has 2 aliphatic rings. The summed E-state index contributed by atoms with van der Waals surface area (Å²) >= 11 is 0. The van der Waals surface area contributed by atoms with Crippen LogP contribution in [0.15, 0.2) is 35.1 Å². The fourth-order valence-electron chi connectivity index (χ4n) is 4.41. The molecule has 2 aromatic heterocycles. The molecule has 1 spiro atoms. The molecule has 0 aliphatic carbocycles. The van der Waals surface area contributed by atoms with Gasteiger partial charge in [0.25, 0.3) is 5.91 Å². The van der Waals surface area contributed by atoms with E-state index in [1.165, 1.54) is 0 Å². The van der Waals surface area contributed by atoms with Crippen molar-refractivity contribution < 1.29 is 14.1 Å². The normalized spacial score (nSPS) is 22.7. The summed E-state index contributed by atoms with van der Waals surface area (Å²) < 4.78 is 5.25. The molecule has 0 bridgehead atoms. The van der Waals surface area contributed by atoms with Gasteiger partial charge in [0.2, 0.25) is 11.7 Å². The van der Waals surface area contributed by atoms with Gasteiger partial charge in [-0.2, -0.15) is 0 Å². The zero-order chi connectivity index (χ0) is 19.6. The lowest BCUT2D eigenvalue weighted by molar-refractivity contribution is -0.139. The Bertz CT molecular complexity index is 850. The summed E-state index contributed by atoms with van der Waals surface area (Å²) in [6.45, 7) is 4.62. The van der Waals surface area contributed by atoms with Gasteiger partial charge in [0.05, 0.1) is 5.69 Å².